The van der Waals surface area contributed by atoms with Crippen molar-refractivity contribution in [2.24, 2.45) is 16.2 Å². The number of hydrogen-bond donors (Lipinski definition) is 0. The first-order chi connectivity index (χ1) is 11.6. The van der Waals surface area contributed by atoms with Crippen LogP contribution in [0.4, 0.5) is 0 Å². The Morgan fingerprint density at radius 2 is 1.15 bits per heavy atom. The summed E-state index contributed by atoms with van der Waals surface area (Å²) in [6.45, 7) is 18.6. The monoisotopic (exact) mass is 360 g/mol. The molecule has 0 spiro atoms. The van der Waals surface area contributed by atoms with Gasteiger partial charge in [-0.1, -0.05) is 74.4 Å². The summed E-state index contributed by atoms with van der Waals surface area (Å²) in [5.74, 6) is -0.256. The van der Waals surface area contributed by atoms with Crippen molar-refractivity contribution in [3.05, 3.63) is 35.4 Å². The van der Waals surface area contributed by atoms with Crippen LogP contribution in [0.25, 0.3) is 0 Å². The van der Waals surface area contributed by atoms with E-state index in [2.05, 4.69) is 41.5 Å². The van der Waals surface area contributed by atoms with Gasteiger partial charge in [-0.15, -0.1) is 0 Å². The number of carbonyl (C=O) groups excluding carboxylic acids is 2. The second-order valence-corrected chi connectivity index (χ2v) is 10.7. The summed E-state index contributed by atoms with van der Waals surface area (Å²) in [4.78, 5) is 24.9. The zero-order chi connectivity index (χ0) is 20.3. The Bertz CT molecular complexity index is 603. The van der Waals surface area contributed by atoms with Gasteiger partial charge in [0.15, 0.2) is 5.78 Å². The zero-order valence-corrected chi connectivity index (χ0v) is 18.0. The summed E-state index contributed by atoms with van der Waals surface area (Å²) in [6, 6.07) is 6.80. The Morgan fingerprint density at radius 3 is 1.50 bits per heavy atom. The summed E-state index contributed by atoms with van der Waals surface area (Å²) in [6.07, 6.45) is 1.51. The summed E-state index contributed by atoms with van der Waals surface area (Å²) < 4.78 is 5.83. The first-order valence-electron chi connectivity index (χ1n) is 9.44. The van der Waals surface area contributed by atoms with Crippen molar-refractivity contribution in [1.82, 2.24) is 0 Å². The van der Waals surface area contributed by atoms with E-state index in [1.54, 1.807) is 24.3 Å². The van der Waals surface area contributed by atoms with Gasteiger partial charge < -0.3 is 4.74 Å². The number of rotatable bonds is 5. The molecule has 0 unspecified atom stereocenters. The van der Waals surface area contributed by atoms with Crippen LogP contribution in [0.3, 0.4) is 0 Å². The van der Waals surface area contributed by atoms with Crippen molar-refractivity contribution in [2.75, 3.05) is 0 Å². The molecule has 0 saturated carbocycles. The highest BCUT2D eigenvalue weighted by atomic mass is 16.5. The third-order valence-corrected chi connectivity index (χ3v) is 4.02. The normalized spacial score (nSPS) is 13.0. The van der Waals surface area contributed by atoms with Crippen LogP contribution in [-0.2, 0) is 4.74 Å². The quantitative estimate of drug-likeness (QED) is 0.456. The summed E-state index contributed by atoms with van der Waals surface area (Å²) in [7, 11) is 0. The van der Waals surface area contributed by atoms with Gasteiger partial charge in [-0.3, -0.25) is 4.79 Å². The second-order valence-electron chi connectivity index (χ2n) is 10.7. The van der Waals surface area contributed by atoms with Gasteiger partial charge in [0.1, 0.15) is 6.10 Å². The largest absolute Gasteiger partial charge is 0.459 e. The summed E-state index contributed by atoms with van der Waals surface area (Å²) >= 11 is 0. The van der Waals surface area contributed by atoms with Crippen molar-refractivity contribution in [3.63, 3.8) is 0 Å². The number of carbonyl (C=O) groups is 2. The Kier molecular flexibility index (Phi) is 6.84. The van der Waals surface area contributed by atoms with Gasteiger partial charge in [0.2, 0.25) is 0 Å². The lowest BCUT2D eigenvalue weighted by Crippen LogP contribution is -2.28. The maximum absolute atomic E-state index is 12.6. The van der Waals surface area contributed by atoms with E-state index in [0.29, 0.717) is 11.1 Å². The lowest BCUT2D eigenvalue weighted by Gasteiger charge is -2.30. The molecule has 0 amide bonds. The third-order valence-electron chi connectivity index (χ3n) is 4.02. The first-order valence-corrected chi connectivity index (χ1v) is 9.44. The van der Waals surface area contributed by atoms with Crippen molar-refractivity contribution in [3.8, 4) is 0 Å². The van der Waals surface area contributed by atoms with Crippen molar-refractivity contribution >= 4 is 11.8 Å². The Balaban J connectivity index is 2.90. The zero-order valence-electron chi connectivity index (χ0n) is 18.0. The predicted octanol–water partition coefficient (Wildman–Crippen LogP) is 6.31. The van der Waals surface area contributed by atoms with Gasteiger partial charge >= 0.3 is 5.97 Å². The molecule has 0 aliphatic carbocycles. The van der Waals surface area contributed by atoms with E-state index in [0.717, 1.165) is 12.8 Å². The Hall–Kier alpha value is -1.64. The average molecular weight is 361 g/mol. The molecule has 0 aliphatic rings. The van der Waals surface area contributed by atoms with Crippen molar-refractivity contribution in [2.45, 2.75) is 81.3 Å². The van der Waals surface area contributed by atoms with E-state index in [1.807, 2.05) is 20.8 Å². The van der Waals surface area contributed by atoms with Crippen LogP contribution >= 0.6 is 0 Å². The van der Waals surface area contributed by atoms with Crippen LogP contribution in [0.1, 0.15) is 95.9 Å². The SMILES string of the molecule is CC(C)(C)CC(CC(C)(C)C)OC(=O)c1ccc(C(=O)C(C)(C)C)cc1. The molecule has 26 heavy (non-hydrogen) atoms. The fraction of sp³-hybridized carbons (Fsp3) is 0.652. The number of ketones is 1. The Labute approximate surface area is 159 Å². The van der Waals surface area contributed by atoms with Crippen LogP contribution in [0.2, 0.25) is 0 Å². The van der Waals surface area contributed by atoms with E-state index >= 15 is 0 Å². The maximum Gasteiger partial charge on any atom is 0.338 e. The van der Waals surface area contributed by atoms with Crippen molar-refractivity contribution < 1.29 is 14.3 Å². The van der Waals surface area contributed by atoms with E-state index < -0.39 is 5.41 Å². The molecule has 3 heteroatoms. The third kappa shape index (κ3) is 7.72. The lowest BCUT2D eigenvalue weighted by molar-refractivity contribution is 0.00830. The van der Waals surface area contributed by atoms with Gasteiger partial charge in [-0.2, -0.15) is 0 Å². The number of hydrogen-bond acceptors (Lipinski definition) is 3. The van der Waals surface area contributed by atoms with E-state index in [9.17, 15) is 9.59 Å². The lowest BCUT2D eigenvalue weighted by atomic mass is 9.82. The molecule has 0 saturated heterocycles. The minimum Gasteiger partial charge on any atom is -0.459 e. The fourth-order valence-electron chi connectivity index (χ4n) is 2.93. The highest BCUT2D eigenvalue weighted by molar-refractivity contribution is 6.00. The van der Waals surface area contributed by atoms with Crippen molar-refractivity contribution in [1.29, 1.82) is 0 Å². The number of ether oxygens (including phenoxy) is 1. The summed E-state index contributed by atoms with van der Waals surface area (Å²) in [5, 5.41) is 0. The molecule has 0 bridgehead atoms. The van der Waals surface area contributed by atoms with Gasteiger partial charge in [0.05, 0.1) is 5.56 Å². The molecule has 1 rings (SSSR count). The molecule has 0 aliphatic heterocycles. The average Bonchev–Trinajstić information content (AvgIpc) is 2.41. The molecule has 146 valence electrons. The Morgan fingerprint density at radius 1 is 0.769 bits per heavy atom. The van der Waals surface area contributed by atoms with E-state index in [1.165, 1.54) is 0 Å². The molecule has 0 aromatic heterocycles. The van der Waals surface area contributed by atoms with Gasteiger partial charge in [0.25, 0.3) is 0 Å². The van der Waals surface area contributed by atoms with Gasteiger partial charge in [-0.25, -0.2) is 4.79 Å². The highest BCUT2D eigenvalue weighted by Crippen LogP contribution is 2.31. The van der Waals surface area contributed by atoms with Gasteiger partial charge in [-0.05, 0) is 35.8 Å². The molecule has 0 N–H and O–H groups in total. The minimum atomic E-state index is -0.438. The van der Waals surface area contributed by atoms with Crippen LogP contribution in [0.15, 0.2) is 24.3 Å². The first kappa shape index (κ1) is 22.4. The molecule has 0 fully saturated rings. The maximum atomic E-state index is 12.6. The molecule has 1 aromatic rings. The molecular weight excluding hydrogens is 324 g/mol. The highest BCUT2D eigenvalue weighted by Gasteiger charge is 2.28. The molecule has 0 radical (unpaired) electrons. The number of benzene rings is 1. The standard InChI is InChI=1S/C23H36O3/c1-21(2,3)14-18(15-22(4,5)6)26-20(25)17-12-10-16(11-13-17)19(24)23(7,8)9/h10-13,18H,14-15H2,1-9H3. The molecule has 0 heterocycles. The predicted molar refractivity (Wildman–Crippen MR) is 108 cm³/mol. The smallest absolute Gasteiger partial charge is 0.338 e. The second kappa shape index (κ2) is 7.94. The van der Waals surface area contributed by atoms with Crippen LogP contribution in [0.5, 0.6) is 0 Å². The molecular formula is C23H36O3. The fourth-order valence-corrected chi connectivity index (χ4v) is 2.93. The number of Topliss-reactive ketones (excluding diaryl/α,β-unsaturated/α-hetero) is 1. The van der Waals surface area contributed by atoms with E-state index in [4.69, 9.17) is 4.74 Å². The topological polar surface area (TPSA) is 43.4 Å². The molecule has 1 aromatic carbocycles. The van der Waals surface area contributed by atoms with Crippen LogP contribution < -0.4 is 0 Å². The van der Waals surface area contributed by atoms with Gasteiger partial charge in [0, 0.05) is 11.0 Å². The molecule has 3 nitrogen and oxygen atoms in total. The number of esters is 1. The molecule has 0 atom stereocenters. The summed E-state index contributed by atoms with van der Waals surface area (Å²) in [5.41, 5.74) is 0.837. The van der Waals surface area contributed by atoms with E-state index in [-0.39, 0.29) is 28.7 Å². The van der Waals surface area contributed by atoms with Crippen LogP contribution in [-0.4, -0.2) is 17.9 Å². The van der Waals surface area contributed by atoms with Crippen LogP contribution in [0, 0.1) is 16.2 Å². The minimum absolute atomic E-state index is 0.0655.